The molecule has 0 amide bonds. The highest BCUT2D eigenvalue weighted by atomic mass is 35.5. The third-order valence-electron chi connectivity index (χ3n) is 5.33. The molecule has 1 atom stereocenters. The van der Waals surface area contributed by atoms with Crippen molar-refractivity contribution in [3.8, 4) is 11.1 Å². The number of H-pyrrole nitrogens is 1. The first-order chi connectivity index (χ1) is 15.2. The number of benzene rings is 2. The van der Waals surface area contributed by atoms with Crippen molar-refractivity contribution in [1.29, 1.82) is 0 Å². The summed E-state index contributed by atoms with van der Waals surface area (Å²) in [4.78, 5) is 20.5. The van der Waals surface area contributed by atoms with Crippen molar-refractivity contribution >= 4 is 38.4 Å². The zero-order chi connectivity index (χ0) is 23.0. The van der Waals surface area contributed by atoms with Gasteiger partial charge in [-0.05, 0) is 47.9 Å². The fourth-order valence-electron chi connectivity index (χ4n) is 3.71. The molecule has 0 aliphatic carbocycles. The van der Waals surface area contributed by atoms with Crippen LogP contribution in [0.3, 0.4) is 0 Å². The Hall–Kier alpha value is -3.07. The number of sulfonamides is 1. The highest BCUT2D eigenvalue weighted by Gasteiger charge is 2.25. The van der Waals surface area contributed by atoms with E-state index < -0.39 is 26.9 Å². The number of hydrogen-bond acceptors (Lipinski definition) is 4. The van der Waals surface area contributed by atoms with Crippen LogP contribution in [-0.2, 0) is 10.0 Å². The van der Waals surface area contributed by atoms with Gasteiger partial charge in [0.05, 0.1) is 10.8 Å². The van der Waals surface area contributed by atoms with E-state index in [-0.39, 0.29) is 23.1 Å². The first-order valence-corrected chi connectivity index (χ1v) is 11.8. The molecule has 3 N–H and O–H groups in total. The van der Waals surface area contributed by atoms with Gasteiger partial charge in [0, 0.05) is 33.9 Å². The summed E-state index contributed by atoms with van der Waals surface area (Å²) in [5.41, 5.74) is 2.34. The number of ketones is 1. The van der Waals surface area contributed by atoms with E-state index in [9.17, 15) is 17.6 Å². The molecule has 1 unspecified atom stereocenters. The maximum atomic E-state index is 14.6. The molecule has 0 spiro atoms. The summed E-state index contributed by atoms with van der Waals surface area (Å²) < 4.78 is 38.4. The Bertz CT molecular complexity index is 1430. The summed E-state index contributed by atoms with van der Waals surface area (Å²) in [7, 11) is -3.91. The maximum Gasteiger partial charge on any atom is 0.216 e. The van der Waals surface area contributed by atoms with Gasteiger partial charge in [-0.2, -0.15) is 0 Å². The molecule has 0 saturated heterocycles. The van der Waals surface area contributed by atoms with Gasteiger partial charge in [0.1, 0.15) is 11.5 Å². The minimum absolute atomic E-state index is 0.194. The molecule has 164 valence electrons. The molecule has 0 saturated carbocycles. The van der Waals surface area contributed by atoms with Gasteiger partial charge in [-0.15, -0.1) is 0 Å². The van der Waals surface area contributed by atoms with E-state index in [1.807, 2.05) is 12.1 Å². The van der Waals surface area contributed by atoms with Crippen LogP contribution in [0.25, 0.3) is 22.2 Å². The average molecular weight is 472 g/mol. The Labute approximate surface area is 189 Å². The Balaban J connectivity index is 1.79. The van der Waals surface area contributed by atoms with Crippen molar-refractivity contribution in [3.05, 3.63) is 88.5 Å². The topological polar surface area (TPSA) is 106 Å². The van der Waals surface area contributed by atoms with Gasteiger partial charge in [0.2, 0.25) is 10.0 Å². The number of nitrogens with zero attached hydrogens (tertiary/aromatic N) is 1. The number of fused-ring (bicyclic) bond motifs is 1. The number of carbonyl (C=O) groups is 1. The molecule has 2 aromatic heterocycles. The molecule has 6 nitrogen and oxygen atoms in total. The van der Waals surface area contributed by atoms with Crippen molar-refractivity contribution in [3.63, 3.8) is 0 Å². The molecule has 4 rings (SSSR count). The van der Waals surface area contributed by atoms with E-state index in [1.165, 1.54) is 18.3 Å². The van der Waals surface area contributed by atoms with Crippen LogP contribution in [0.2, 0.25) is 5.02 Å². The standard InChI is InChI=1S/C23H19ClFN3O3S/c1-2-21(32(26,30)31)14-5-8-20(25)18(9-14)22(29)19-12-28-23-17(19)10-15(11-27-23)13-3-6-16(24)7-4-13/h3-12,21H,2H2,1H3,(H,27,28)(H2,26,30,31). The van der Waals surface area contributed by atoms with E-state index in [0.717, 1.165) is 17.2 Å². The van der Waals surface area contributed by atoms with Crippen molar-refractivity contribution in [1.82, 2.24) is 9.97 Å². The molecular weight excluding hydrogens is 453 g/mol. The smallest absolute Gasteiger partial charge is 0.216 e. The molecular formula is C23H19ClFN3O3S. The summed E-state index contributed by atoms with van der Waals surface area (Å²) in [6.45, 7) is 1.66. The Kier molecular flexibility index (Phi) is 5.85. The highest BCUT2D eigenvalue weighted by Crippen LogP contribution is 2.30. The molecule has 0 aliphatic rings. The summed E-state index contributed by atoms with van der Waals surface area (Å²) in [5.74, 6) is -1.34. The largest absolute Gasteiger partial charge is 0.345 e. The Morgan fingerprint density at radius 3 is 2.50 bits per heavy atom. The van der Waals surface area contributed by atoms with Crippen LogP contribution in [0, 0.1) is 5.82 Å². The fourth-order valence-corrected chi connectivity index (χ4v) is 4.83. The third kappa shape index (κ3) is 4.17. The normalized spacial score (nSPS) is 12.8. The number of aromatic nitrogens is 2. The van der Waals surface area contributed by atoms with Crippen molar-refractivity contribution in [2.24, 2.45) is 5.14 Å². The zero-order valence-electron chi connectivity index (χ0n) is 17.0. The maximum absolute atomic E-state index is 14.6. The zero-order valence-corrected chi connectivity index (χ0v) is 18.5. The van der Waals surface area contributed by atoms with Crippen LogP contribution in [0.4, 0.5) is 4.39 Å². The van der Waals surface area contributed by atoms with Crippen LogP contribution in [0.1, 0.15) is 40.1 Å². The van der Waals surface area contributed by atoms with Gasteiger partial charge in [0.15, 0.2) is 5.78 Å². The lowest BCUT2D eigenvalue weighted by atomic mass is 9.98. The number of carbonyl (C=O) groups excluding carboxylic acids is 1. The molecule has 9 heteroatoms. The van der Waals surface area contributed by atoms with Crippen molar-refractivity contribution in [2.45, 2.75) is 18.6 Å². The summed E-state index contributed by atoms with van der Waals surface area (Å²) in [6.07, 6.45) is 3.32. The fraction of sp³-hybridized carbons (Fsp3) is 0.130. The number of primary sulfonamides is 1. The predicted octanol–water partition coefficient (Wildman–Crippen LogP) is 4.99. The summed E-state index contributed by atoms with van der Waals surface area (Å²) in [5, 5.41) is 5.39. The SMILES string of the molecule is CCC(c1ccc(F)c(C(=O)c2c[nH]c3ncc(-c4ccc(Cl)cc4)cc23)c1)S(N)(=O)=O. The highest BCUT2D eigenvalue weighted by molar-refractivity contribution is 7.89. The number of hydrogen-bond donors (Lipinski definition) is 2. The van der Waals surface area contributed by atoms with E-state index in [4.69, 9.17) is 16.7 Å². The van der Waals surface area contributed by atoms with Crippen LogP contribution < -0.4 is 5.14 Å². The van der Waals surface area contributed by atoms with Crippen LogP contribution in [0.5, 0.6) is 0 Å². The van der Waals surface area contributed by atoms with Crippen LogP contribution in [0.15, 0.2) is 60.9 Å². The first kappa shape index (κ1) is 22.1. The molecule has 4 aromatic rings. The van der Waals surface area contributed by atoms with E-state index in [2.05, 4.69) is 9.97 Å². The van der Waals surface area contributed by atoms with E-state index in [0.29, 0.717) is 16.1 Å². The lowest BCUT2D eigenvalue weighted by Gasteiger charge is -2.14. The first-order valence-electron chi connectivity index (χ1n) is 9.78. The molecule has 2 aromatic carbocycles. The van der Waals surface area contributed by atoms with Gasteiger partial charge >= 0.3 is 0 Å². The van der Waals surface area contributed by atoms with Crippen LogP contribution in [-0.4, -0.2) is 24.2 Å². The van der Waals surface area contributed by atoms with Gasteiger partial charge in [-0.1, -0.05) is 36.7 Å². The number of pyridine rings is 1. The third-order valence-corrected chi connectivity index (χ3v) is 6.98. The number of nitrogens with one attached hydrogen (secondary N) is 1. The number of nitrogens with two attached hydrogens (primary N) is 1. The quantitative estimate of drug-likeness (QED) is 0.386. The lowest BCUT2D eigenvalue weighted by Crippen LogP contribution is -2.21. The summed E-state index contributed by atoms with van der Waals surface area (Å²) in [6, 6.07) is 12.6. The molecule has 0 radical (unpaired) electrons. The van der Waals surface area contributed by atoms with Crippen LogP contribution >= 0.6 is 11.6 Å². The molecule has 0 bridgehead atoms. The van der Waals surface area contributed by atoms with Gasteiger partial charge in [0.25, 0.3) is 0 Å². The van der Waals surface area contributed by atoms with E-state index in [1.54, 1.807) is 31.3 Å². The lowest BCUT2D eigenvalue weighted by molar-refractivity contribution is 0.103. The Morgan fingerprint density at radius 1 is 1.12 bits per heavy atom. The predicted molar refractivity (Wildman–Crippen MR) is 123 cm³/mol. The van der Waals surface area contributed by atoms with Crippen molar-refractivity contribution < 1.29 is 17.6 Å². The second-order valence-corrected chi connectivity index (χ2v) is 9.57. The van der Waals surface area contributed by atoms with Gasteiger partial charge in [-0.25, -0.2) is 22.9 Å². The monoisotopic (exact) mass is 471 g/mol. The minimum Gasteiger partial charge on any atom is -0.345 e. The van der Waals surface area contributed by atoms with Gasteiger partial charge in [-0.3, -0.25) is 4.79 Å². The minimum atomic E-state index is -3.91. The second-order valence-electron chi connectivity index (χ2n) is 7.38. The Morgan fingerprint density at radius 2 is 1.84 bits per heavy atom. The molecule has 0 aliphatic heterocycles. The summed E-state index contributed by atoms with van der Waals surface area (Å²) >= 11 is 5.95. The number of aromatic amines is 1. The number of rotatable bonds is 6. The second kappa shape index (κ2) is 8.46. The average Bonchev–Trinajstić information content (AvgIpc) is 3.17. The van der Waals surface area contributed by atoms with Crippen molar-refractivity contribution in [2.75, 3.05) is 0 Å². The molecule has 2 heterocycles. The molecule has 0 fully saturated rings. The molecule has 32 heavy (non-hydrogen) atoms. The van der Waals surface area contributed by atoms with Gasteiger partial charge < -0.3 is 4.98 Å². The van der Waals surface area contributed by atoms with E-state index >= 15 is 0 Å². The number of halogens is 2.